The van der Waals surface area contributed by atoms with E-state index >= 15 is 0 Å². The number of nitrogens with zero attached hydrogens (tertiary/aromatic N) is 2. The average molecular weight is 304 g/mol. The average Bonchev–Trinajstić information content (AvgIpc) is 2.92. The molecule has 1 atom stereocenters. The summed E-state index contributed by atoms with van der Waals surface area (Å²) in [6, 6.07) is 6.91. The van der Waals surface area contributed by atoms with Crippen LogP contribution in [-0.2, 0) is 9.59 Å². The van der Waals surface area contributed by atoms with Crippen LogP contribution in [0.3, 0.4) is 0 Å². The summed E-state index contributed by atoms with van der Waals surface area (Å²) in [6.45, 7) is 2.37. The number of carbonyl (C=O) groups excluding carboxylic acids is 2. The fraction of sp³-hybridized carbons (Fsp3) is 0.438. The molecular formula is C16H20N2O4. The van der Waals surface area contributed by atoms with Gasteiger partial charge >= 0.3 is 5.97 Å². The van der Waals surface area contributed by atoms with Gasteiger partial charge in [0.15, 0.2) is 0 Å². The van der Waals surface area contributed by atoms with E-state index in [1.807, 2.05) is 0 Å². The van der Waals surface area contributed by atoms with Crippen LogP contribution in [-0.4, -0.2) is 47.9 Å². The molecule has 0 unspecified atom stereocenters. The van der Waals surface area contributed by atoms with Gasteiger partial charge in [0, 0.05) is 37.8 Å². The van der Waals surface area contributed by atoms with Crippen molar-refractivity contribution in [1.82, 2.24) is 4.90 Å². The predicted octanol–water partition coefficient (Wildman–Crippen LogP) is 1.61. The van der Waals surface area contributed by atoms with Crippen molar-refractivity contribution in [2.75, 3.05) is 25.0 Å². The molecule has 2 rings (SSSR count). The predicted molar refractivity (Wildman–Crippen MR) is 81.8 cm³/mol. The first-order valence-electron chi connectivity index (χ1n) is 7.29. The van der Waals surface area contributed by atoms with E-state index in [-0.39, 0.29) is 18.4 Å². The molecule has 1 aromatic rings. The minimum Gasteiger partial charge on any atom is -0.481 e. The van der Waals surface area contributed by atoms with E-state index in [4.69, 9.17) is 5.11 Å². The quantitative estimate of drug-likeness (QED) is 0.896. The van der Waals surface area contributed by atoms with E-state index in [0.717, 1.165) is 6.42 Å². The Balaban J connectivity index is 2.13. The van der Waals surface area contributed by atoms with Gasteiger partial charge in [0.2, 0.25) is 5.91 Å². The minimum atomic E-state index is -0.934. The van der Waals surface area contributed by atoms with Crippen LogP contribution >= 0.6 is 0 Å². The summed E-state index contributed by atoms with van der Waals surface area (Å²) >= 11 is 0. The normalized spacial score (nSPS) is 15.7. The van der Waals surface area contributed by atoms with Gasteiger partial charge in [-0.25, -0.2) is 0 Å². The van der Waals surface area contributed by atoms with Crippen LogP contribution in [0.1, 0.15) is 30.1 Å². The molecule has 1 aromatic carbocycles. The van der Waals surface area contributed by atoms with Crippen molar-refractivity contribution in [2.45, 2.75) is 19.8 Å². The molecule has 118 valence electrons. The Labute approximate surface area is 129 Å². The molecule has 0 radical (unpaired) electrons. The van der Waals surface area contributed by atoms with Gasteiger partial charge in [-0.1, -0.05) is 13.0 Å². The Hall–Kier alpha value is -2.37. The van der Waals surface area contributed by atoms with Crippen LogP contribution < -0.4 is 4.90 Å². The second kappa shape index (κ2) is 6.60. The maximum Gasteiger partial charge on any atom is 0.308 e. The number of hydrogen-bond donors (Lipinski definition) is 1. The third-order valence-electron chi connectivity index (χ3n) is 3.79. The molecule has 1 heterocycles. The number of carboxylic acid groups (broad SMARTS) is 1. The Morgan fingerprint density at radius 3 is 2.73 bits per heavy atom. The van der Waals surface area contributed by atoms with Crippen molar-refractivity contribution in [1.29, 1.82) is 0 Å². The van der Waals surface area contributed by atoms with Crippen molar-refractivity contribution in [3.63, 3.8) is 0 Å². The summed E-state index contributed by atoms with van der Waals surface area (Å²) in [5, 5.41) is 8.92. The second-order valence-electron chi connectivity index (χ2n) is 5.62. The molecule has 1 fully saturated rings. The number of benzene rings is 1. The first kappa shape index (κ1) is 16.0. The van der Waals surface area contributed by atoms with Gasteiger partial charge in [-0.2, -0.15) is 0 Å². The molecule has 2 amide bonds. The smallest absolute Gasteiger partial charge is 0.308 e. The highest BCUT2D eigenvalue weighted by Gasteiger charge is 2.23. The van der Waals surface area contributed by atoms with Gasteiger partial charge in [0.25, 0.3) is 5.91 Å². The fourth-order valence-electron chi connectivity index (χ4n) is 2.52. The topological polar surface area (TPSA) is 77.9 Å². The Morgan fingerprint density at radius 2 is 2.14 bits per heavy atom. The van der Waals surface area contributed by atoms with Crippen LogP contribution in [0.5, 0.6) is 0 Å². The molecule has 6 heteroatoms. The molecule has 1 N–H and O–H groups in total. The number of carboxylic acids is 1. The molecule has 1 saturated heterocycles. The molecular weight excluding hydrogens is 284 g/mol. The monoisotopic (exact) mass is 304 g/mol. The van der Waals surface area contributed by atoms with Crippen molar-refractivity contribution >= 4 is 23.5 Å². The van der Waals surface area contributed by atoms with Gasteiger partial charge in [-0.05, 0) is 24.6 Å². The molecule has 6 nitrogen and oxygen atoms in total. The van der Waals surface area contributed by atoms with Crippen molar-refractivity contribution in [3.05, 3.63) is 29.8 Å². The maximum absolute atomic E-state index is 12.4. The summed E-state index contributed by atoms with van der Waals surface area (Å²) in [5.41, 5.74) is 1.17. The molecule has 1 aliphatic rings. The van der Waals surface area contributed by atoms with Crippen LogP contribution in [0.4, 0.5) is 5.69 Å². The van der Waals surface area contributed by atoms with E-state index in [0.29, 0.717) is 24.2 Å². The van der Waals surface area contributed by atoms with E-state index in [2.05, 4.69) is 0 Å². The minimum absolute atomic E-state index is 0.0671. The summed E-state index contributed by atoms with van der Waals surface area (Å²) in [6.07, 6.45) is 1.36. The maximum atomic E-state index is 12.4. The summed E-state index contributed by atoms with van der Waals surface area (Å²) in [4.78, 5) is 38.1. The van der Waals surface area contributed by atoms with Gasteiger partial charge in [0.05, 0.1) is 5.92 Å². The third kappa shape index (κ3) is 3.44. The number of hydrogen-bond acceptors (Lipinski definition) is 3. The zero-order chi connectivity index (χ0) is 16.3. The summed E-state index contributed by atoms with van der Waals surface area (Å²) < 4.78 is 0. The highest BCUT2D eigenvalue weighted by atomic mass is 16.4. The molecule has 0 aliphatic carbocycles. The van der Waals surface area contributed by atoms with Crippen LogP contribution in [0, 0.1) is 5.92 Å². The van der Waals surface area contributed by atoms with Crippen molar-refractivity contribution in [3.8, 4) is 0 Å². The summed E-state index contributed by atoms with van der Waals surface area (Å²) in [7, 11) is 1.58. The molecule has 0 saturated carbocycles. The van der Waals surface area contributed by atoms with Gasteiger partial charge in [0.1, 0.15) is 0 Å². The van der Waals surface area contributed by atoms with E-state index < -0.39 is 11.9 Å². The number of anilines is 1. The van der Waals surface area contributed by atoms with Crippen LogP contribution in [0.15, 0.2) is 24.3 Å². The molecule has 1 aliphatic heterocycles. The highest BCUT2D eigenvalue weighted by molar-refractivity contribution is 5.99. The van der Waals surface area contributed by atoms with Gasteiger partial charge in [-0.3, -0.25) is 14.4 Å². The van der Waals surface area contributed by atoms with E-state index in [9.17, 15) is 14.4 Å². The van der Waals surface area contributed by atoms with E-state index in [1.165, 1.54) is 4.90 Å². The zero-order valence-electron chi connectivity index (χ0n) is 12.8. The lowest BCUT2D eigenvalue weighted by Gasteiger charge is -2.21. The fourth-order valence-corrected chi connectivity index (χ4v) is 2.52. The number of carbonyl (C=O) groups is 3. The highest BCUT2D eigenvalue weighted by Crippen LogP contribution is 2.22. The van der Waals surface area contributed by atoms with Gasteiger partial charge in [-0.15, -0.1) is 0 Å². The van der Waals surface area contributed by atoms with Crippen LogP contribution in [0.2, 0.25) is 0 Å². The number of amides is 2. The van der Waals surface area contributed by atoms with Crippen LogP contribution in [0.25, 0.3) is 0 Å². The SMILES string of the molecule is C[C@@H](CN(C)C(=O)c1cccc(N2CCCC2=O)c1)C(=O)O. The lowest BCUT2D eigenvalue weighted by Crippen LogP contribution is -2.33. The molecule has 22 heavy (non-hydrogen) atoms. The zero-order valence-corrected chi connectivity index (χ0v) is 12.8. The molecule has 0 aromatic heterocycles. The van der Waals surface area contributed by atoms with Crippen molar-refractivity contribution in [2.24, 2.45) is 5.92 Å². The van der Waals surface area contributed by atoms with Gasteiger partial charge < -0.3 is 14.9 Å². The Morgan fingerprint density at radius 1 is 1.41 bits per heavy atom. The number of aliphatic carboxylic acids is 1. The lowest BCUT2D eigenvalue weighted by atomic mass is 10.1. The standard InChI is InChI=1S/C16H20N2O4/c1-11(16(21)22)10-17(2)15(20)12-5-3-6-13(9-12)18-8-4-7-14(18)19/h3,5-6,9,11H,4,7-8,10H2,1-2H3,(H,21,22)/t11-/m0/s1. The van der Waals surface area contributed by atoms with E-state index in [1.54, 1.807) is 43.1 Å². The van der Waals surface area contributed by atoms with Crippen molar-refractivity contribution < 1.29 is 19.5 Å². The molecule has 0 bridgehead atoms. The Bertz CT molecular complexity index is 600. The molecule has 0 spiro atoms. The first-order valence-corrected chi connectivity index (χ1v) is 7.29. The number of rotatable bonds is 5. The third-order valence-corrected chi connectivity index (χ3v) is 3.79. The second-order valence-corrected chi connectivity index (χ2v) is 5.62. The largest absolute Gasteiger partial charge is 0.481 e. The lowest BCUT2D eigenvalue weighted by molar-refractivity contribution is -0.141. The first-order chi connectivity index (χ1) is 10.4. The summed E-state index contributed by atoms with van der Waals surface area (Å²) in [5.74, 6) is -1.74. The Kier molecular flexibility index (Phi) is 4.80.